The number of furan rings is 1. The monoisotopic (exact) mass is 239 g/mol. The van der Waals surface area contributed by atoms with E-state index in [9.17, 15) is 5.11 Å². The van der Waals surface area contributed by atoms with Crippen molar-refractivity contribution < 1.29 is 9.52 Å². The summed E-state index contributed by atoms with van der Waals surface area (Å²) in [4.78, 5) is 4.01. The fourth-order valence-corrected chi connectivity index (χ4v) is 2.02. The molecule has 0 bridgehead atoms. The van der Waals surface area contributed by atoms with Gasteiger partial charge in [-0.3, -0.25) is 4.98 Å². The maximum atomic E-state index is 10.1. The van der Waals surface area contributed by atoms with Crippen molar-refractivity contribution in [1.82, 2.24) is 4.98 Å². The molecule has 2 aromatic heterocycles. The number of hydrogen-bond donors (Lipinski definition) is 1. The van der Waals surface area contributed by atoms with Gasteiger partial charge in [-0.25, -0.2) is 0 Å². The third kappa shape index (κ3) is 2.13. The zero-order chi connectivity index (χ0) is 12.4. The summed E-state index contributed by atoms with van der Waals surface area (Å²) in [5, 5.41) is 11.1. The Labute approximate surface area is 105 Å². The van der Waals surface area contributed by atoms with Crippen LogP contribution in [0.15, 0.2) is 59.3 Å². The van der Waals surface area contributed by atoms with Gasteiger partial charge in [0.25, 0.3) is 0 Å². The van der Waals surface area contributed by atoms with Crippen LogP contribution in [0, 0.1) is 0 Å². The molecule has 0 saturated heterocycles. The van der Waals surface area contributed by atoms with Gasteiger partial charge < -0.3 is 9.52 Å². The molecule has 3 aromatic rings. The zero-order valence-corrected chi connectivity index (χ0v) is 9.78. The number of fused-ring (bicyclic) bond motifs is 1. The Kier molecular flexibility index (Phi) is 2.82. The Hall–Kier alpha value is -2.13. The summed E-state index contributed by atoms with van der Waals surface area (Å²) in [5.74, 6) is 0.773. The lowest BCUT2D eigenvalue weighted by Crippen LogP contribution is -2.00. The molecular weight excluding hydrogens is 226 g/mol. The highest BCUT2D eigenvalue weighted by Gasteiger charge is 2.11. The second kappa shape index (κ2) is 4.63. The Morgan fingerprint density at radius 3 is 2.78 bits per heavy atom. The van der Waals surface area contributed by atoms with E-state index in [0.717, 1.165) is 22.3 Å². The lowest BCUT2D eigenvalue weighted by molar-refractivity contribution is 0.171. The highest BCUT2D eigenvalue weighted by molar-refractivity contribution is 5.76. The first-order valence-electron chi connectivity index (χ1n) is 5.88. The zero-order valence-electron chi connectivity index (χ0n) is 9.78. The number of pyridine rings is 1. The minimum atomic E-state index is -0.542. The average molecular weight is 239 g/mol. The fourth-order valence-electron chi connectivity index (χ4n) is 2.02. The van der Waals surface area contributed by atoms with Crippen LogP contribution in [0.3, 0.4) is 0 Å². The number of aliphatic hydroxyl groups is 1. The standard InChI is InChI=1S/C15H13NO2/c17-14(11-4-2-1-3-5-11)9-13-8-12-6-7-16-10-15(12)18-13/h1-8,10,14,17H,9H2. The molecule has 0 aliphatic rings. The molecule has 1 aromatic carbocycles. The van der Waals surface area contributed by atoms with Crippen LogP contribution in [-0.2, 0) is 6.42 Å². The molecule has 0 saturated carbocycles. The van der Waals surface area contributed by atoms with Crippen LogP contribution < -0.4 is 0 Å². The van der Waals surface area contributed by atoms with Crippen molar-refractivity contribution in [2.45, 2.75) is 12.5 Å². The van der Waals surface area contributed by atoms with Gasteiger partial charge in [-0.1, -0.05) is 30.3 Å². The third-order valence-corrected chi connectivity index (χ3v) is 2.95. The van der Waals surface area contributed by atoms with E-state index in [-0.39, 0.29) is 0 Å². The van der Waals surface area contributed by atoms with Crippen molar-refractivity contribution in [2.75, 3.05) is 0 Å². The molecule has 3 heteroatoms. The average Bonchev–Trinajstić information content (AvgIpc) is 2.82. The molecule has 1 unspecified atom stereocenters. The molecule has 0 radical (unpaired) electrons. The van der Waals surface area contributed by atoms with Crippen LogP contribution in [0.25, 0.3) is 11.0 Å². The molecule has 0 aliphatic carbocycles. The van der Waals surface area contributed by atoms with E-state index in [2.05, 4.69) is 4.98 Å². The predicted molar refractivity (Wildman–Crippen MR) is 69.1 cm³/mol. The Bertz CT molecular complexity index is 613. The summed E-state index contributed by atoms with van der Waals surface area (Å²) >= 11 is 0. The largest absolute Gasteiger partial charge is 0.459 e. The third-order valence-electron chi connectivity index (χ3n) is 2.95. The van der Waals surface area contributed by atoms with Gasteiger partial charge in [0.15, 0.2) is 5.58 Å². The van der Waals surface area contributed by atoms with Gasteiger partial charge >= 0.3 is 0 Å². The van der Waals surface area contributed by atoms with Crippen molar-refractivity contribution in [3.05, 3.63) is 66.2 Å². The summed E-state index contributed by atoms with van der Waals surface area (Å²) in [6, 6.07) is 13.4. The number of aromatic nitrogens is 1. The lowest BCUT2D eigenvalue weighted by Gasteiger charge is -2.08. The van der Waals surface area contributed by atoms with E-state index >= 15 is 0 Å². The van der Waals surface area contributed by atoms with Crippen molar-refractivity contribution in [2.24, 2.45) is 0 Å². The van der Waals surface area contributed by atoms with E-state index in [1.165, 1.54) is 0 Å². The molecule has 0 spiro atoms. The first-order valence-corrected chi connectivity index (χ1v) is 5.88. The molecule has 2 heterocycles. The molecule has 18 heavy (non-hydrogen) atoms. The van der Waals surface area contributed by atoms with Crippen LogP contribution in [0.4, 0.5) is 0 Å². The molecule has 3 rings (SSSR count). The predicted octanol–water partition coefficient (Wildman–Crippen LogP) is 3.10. The molecule has 1 N–H and O–H groups in total. The van der Waals surface area contributed by atoms with Gasteiger partial charge in [0.05, 0.1) is 12.3 Å². The van der Waals surface area contributed by atoms with Gasteiger partial charge in [0.1, 0.15) is 5.76 Å². The van der Waals surface area contributed by atoms with Crippen LogP contribution in [0.2, 0.25) is 0 Å². The SMILES string of the molecule is OC(Cc1cc2ccncc2o1)c1ccccc1. The van der Waals surface area contributed by atoms with Gasteiger partial charge in [-0.05, 0) is 17.7 Å². The van der Waals surface area contributed by atoms with Crippen molar-refractivity contribution in [3.63, 3.8) is 0 Å². The molecule has 1 atom stereocenters. The Balaban J connectivity index is 1.84. The fraction of sp³-hybridized carbons (Fsp3) is 0.133. The van der Waals surface area contributed by atoms with E-state index in [1.54, 1.807) is 12.4 Å². The van der Waals surface area contributed by atoms with Crippen LogP contribution >= 0.6 is 0 Å². The first-order chi connectivity index (χ1) is 8.83. The Morgan fingerprint density at radius 2 is 2.00 bits per heavy atom. The smallest absolute Gasteiger partial charge is 0.152 e. The molecule has 90 valence electrons. The van der Waals surface area contributed by atoms with E-state index in [4.69, 9.17) is 4.42 Å². The van der Waals surface area contributed by atoms with Crippen molar-refractivity contribution >= 4 is 11.0 Å². The minimum Gasteiger partial charge on any atom is -0.459 e. The molecule has 0 aliphatic heterocycles. The van der Waals surface area contributed by atoms with Gasteiger partial charge in [0, 0.05) is 18.0 Å². The lowest BCUT2D eigenvalue weighted by atomic mass is 10.1. The summed E-state index contributed by atoms with van der Waals surface area (Å²) in [7, 11) is 0. The number of hydrogen-bond acceptors (Lipinski definition) is 3. The topological polar surface area (TPSA) is 46.3 Å². The van der Waals surface area contributed by atoms with Crippen molar-refractivity contribution in [1.29, 1.82) is 0 Å². The maximum absolute atomic E-state index is 10.1. The van der Waals surface area contributed by atoms with Crippen LogP contribution in [-0.4, -0.2) is 10.1 Å². The van der Waals surface area contributed by atoms with E-state index in [1.807, 2.05) is 42.5 Å². The second-order valence-electron chi connectivity index (χ2n) is 4.26. The summed E-state index contributed by atoms with van der Waals surface area (Å²) in [5.41, 5.74) is 1.66. The summed E-state index contributed by atoms with van der Waals surface area (Å²) < 4.78 is 5.64. The summed E-state index contributed by atoms with van der Waals surface area (Å²) in [6.45, 7) is 0. The first kappa shape index (κ1) is 11.0. The highest BCUT2D eigenvalue weighted by atomic mass is 16.3. The maximum Gasteiger partial charge on any atom is 0.152 e. The highest BCUT2D eigenvalue weighted by Crippen LogP contribution is 2.23. The second-order valence-corrected chi connectivity index (χ2v) is 4.26. The van der Waals surface area contributed by atoms with Crippen molar-refractivity contribution in [3.8, 4) is 0 Å². The molecule has 0 amide bonds. The van der Waals surface area contributed by atoms with Crippen LogP contribution in [0.1, 0.15) is 17.4 Å². The number of aliphatic hydroxyl groups excluding tert-OH is 1. The van der Waals surface area contributed by atoms with Gasteiger partial charge in [-0.15, -0.1) is 0 Å². The number of nitrogens with zero attached hydrogens (tertiary/aromatic N) is 1. The molecular formula is C15H13NO2. The molecule has 3 nitrogen and oxygen atoms in total. The van der Waals surface area contributed by atoms with Crippen LogP contribution in [0.5, 0.6) is 0 Å². The molecule has 0 fully saturated rings. The minimum absolute atomic E-state index is 0.471. The number of rotatable bonds is 3. The normalized spacial score (nSPS) is 12.7. The quantitative estimate of drug-likeness (QED) is 0.763. The van der Waals surface area contributed by atoms with E-state index in [0.29, 0.717) is 6.42 Å². The van der Waals surface area contributed by atoms with E-state index < -0.39 is 6.10 Å². The summed E-state index contributed by atoms with van der Waals surface area (Å²) in [6.07, 6.45) is 3.35. The number of benzene rings is 1. The van der Waals surface area contributed by atoms with Gasteiger partial charge in [0.2, 0.25) is 0 Å². The van der Waals surface area contributed by atoms with Gasteiger partial charge in [-0.2, -0.15) is 0 Å². The Morgan fingerprint density at radius 1 is 1.17 bits per heavy atom.